The fourth-order valence-corrected chi connectivity index (χ4v) is 2.22. The topological polar surface area (TPSA) is 43.1 Å². The van der Waals surface area contributed by atoms with Crippen LogP contribution in [0, 0.1) is 34.6 Å². The summed E-state index contributed by atoms with van der Waals surface area (Å²) in [6.45, 7) is 9.96. The Bertz CT molecular complexity index is 639. The minimum atomic E-state index is -0.343. The normalized spacial score (nSPS) is 11.1. The minimum absolute atomic E-state index is 0.343. The molecule has 0 amide bonds. The van der Waals surface area contributed by atoms with Crippen LogP contribution in [0.3, 0.4) is 0 Å². The molecule has 3 nitrogen and oxygen atoms in total. The first-order valence-corrected chi connectivity index (χ1v) is 5.31. The van der Waals surface area contributed by atoms with E-state index in [1.807, 2.05) is 27.7 Å². The third-order valence-corrected chi connectivity index (χ3v) is 3.52. The van der Waals surface area contributed by atoms with E-state index >= 15 is 0 Å². The fraction of sp³-hybridized carbons (Fsp3) is 0.385. The maximum absolute atomic E-state index is 11.7. The van der Waals surface area contributed by atoms with Crippen LogP contribution in [0.5, 0.6) is 0 Å². The molecule has 1 heterocycles. The molecule has 0 radical (unpaired) electrons. The summed E-state index contributed by atoms with van der Waals surface area (Å²) in [5.74, 6) is 0. The summed E-state index contributed by atoms with van der Waals surface area (Å²) in [5, 5.41) is 5.41. The van der Waals surface area contributed by atoms with Crippen LogP contribution < -0.4 is 5.63 Å². The van der Waals surface area contributed by atoms with Gasteiger partial charge in [0, 0.05) is 5.39 Å². The molecule has 0 aliphatic rings. The zero-order valence-electron chi connectivity index (χ0n) is 10.3. The van der Waals surface area contributed by atoms with E-state index < -0.39 is 0 Å². The Kier molecular flexibility index (Phi) is 2.34. The summed E-state index contributed by atoms with van der Waals surface area (Å²) >= 11 is 0. The van der Waals surface area contributed by atoms with Crippen LogP contribution in [0.25, 0.3) is 10.8 Å². The lowest BCUT2D eigenvalue weighted by molar-refractivity contribution is 0.370. The molecule has 84 valence electrons. The number of rotatable bonds is 0. The molecule has 0 aliphatic carbocycles. The number of aromatic nitrogens is 1. The first-order valence-electron chi connectivity index (χ1n) is 5.31. The fourth-order valence-electron chi connectivity index (χ4n) is 2.22. The highest BCUT2D eigenvalue weighted by molar-refractivity contribution is 5.91. The average Bonchev–Trinajstić information content (AvgIpc) is 2.26. The van der Waals surface area contributed by atoms with Crippen LogP contribution in [0.4, 0.5) is 0 Å². The molecule has 0 aliphatic heterocycles. The highest BCUT2D eigenvalue weighted by Gasteiger charge is 2.15. The van der Waals surface area contributed by atoms with Crippen LogP contribution in [-0.4, -0.2) is 5.16 Å². The van der Waals surface area contributed by atoms with Gasteiger partial charge in [-0.1, -0.05) is 5.16 Å². The van der Waals surface area contributed by atoms with Gasteiger partial charge in [-0.25, -0.2) is 4.79 Å². The number of hydrogen-bond acceptors (Lipinski definition) is 3. The van der Waals surface area contributed by atoms with Crippen molar-refractivity contribution < 1.29 is 4.52 Å². The molecule has 0 bridgehead atoms. The molecule has 1 aromatic heterocycles. The Hall–Kier alpha value is -1.64. The second-order valence-electron chi connectivity index (χ2n) is 4.31. The van der Waals surface area contributed by atoms with E-state index in [1.54, 1.807) is 0 Å². The molecule has 2 rings (SSSR count). The van der Waals surface area contributed by atoms with E-state index in [0.717, 1.165) is 27.8 Å². The summed E-state index contributed by atoms with van der Waals surface area (Å²) in [7, 11) is 0. The molecular formula is C13H15NO2. The molecule has 2 aromatic rings. The van der Waals surface area contributed by atoms with Crippen molar-refractivity contribution in [1.29, 1.82) is 0 Å². The van der Waals surface area contributed by atoms with Crippen molar-refractivity contribution in [3.63, 3.8) is 0 Å². The molecule has 0 atom stereocenters. The van der Waals surface area contributed by atoms with Crippen molar-refractivity contribution in [2.75, 3.05) is 0 Å². The lowest BCUT2D eigenvalue weighted by Crippen LogP contribution is -2.08. The molecule has 0 unspecified atom stereocenters. The number of benzene rings is 1. The first-order chi connectivity index (χ1) is 7.45. The highest BCUT2D eigenvalue weighted by atomic mass is 16.5. The molecule has 0 spiro atoms. The Morgan fingerprint density at radius 2 is 1.31 bits per heavy atom. The highest BCUT2D eigenvalue weighted by Crippen LogP contribution is 2.27. The Labute approximate surface area is 94.1 Å². The second-order valence-corrected chi connectivity index (χ2v) is 4.31. The van der Waals surface area contributed by atoms with Gasteiger partial charge in [-0.15, -0.1) is 0 Å². The molecule has 0 fully saturated rings. The zero-order chi connectivity index (χ0) is 12.0. The zero-order valence-corrected chi connectivity index (χ0v) is 10.3. The van der Waals surface area contributed by atoms with E-state index in [9.17, 15) is 4.79 Å². The first kappa shape index (κ1) is 10.9. The average molecular weight is 217 g/mol. The van der Waals surface area contributed by atoms with Crippen molar-refractivity contribution in [3.05, 3.63) is 38.4 Å². The Morgan fingerprint density at radius 1 is 0.812 bits per heavy atom. The van der Waals surface area contributed by atoms with E-state index in [1.165, 1.54) is 5.56 Å². The summed E-state index contributed by atoms with van der Waals surface area (Å²) in [5.41, 5.74) is 4.93. The summed E-state index contributed by atoms with van der Waals surface area (Å²) in [4.78, 5) is 11.7. The molecule has 0 N–H and O–H groups in total. The molecule has 0 saturated heterocycles. The van der Waals surface area contributed by atoms with Crippen LogP contribution in [0.15, 0.2) is 9.32 Å². The van der Waals surface area contributed by atoms with Crippen LogP contribution in [0.2, 0.25) is 0 Å². The van der Waals surface area contributed by atoms with Gasteiger partial charge in [0.05, 0.1) is 11.1 Å². The molecule has 3 heteroatoms. The van der Waals surface area contributed by atoms with E-state index in [-0.39, 0.29) is 5.63 Å². The quantitative estimate of drug-likeness (QED) is 0.681. The van der Waals surface area contributed by atoms with E-state index in [4.69, 9.17) is 4.52 Å². The third kappa shape index (κ3) is 1.28. The van der Waals surface area contributed by atoms with Crippen LogP contribution >= 0.6 is 0 Å². The van der Waals surface area contributed by atoms with Gasteiger partial charge >= 0.3 is 5.63 Å². The molecular weight excluding hydrogens is 202 g/mol. The van der Waals surface area contributed by atoms with Gasteiger partial charge in [0.15, 0.2) is 0 Å². The van der Waals surface area contributed by atoms with Crippen LogP contribution in [-0.2, 0) is 0 Å². The maximum Gasteiger partial charge on any atom is 0.366 e. The van der Waals surface area contributed by atoms with Gasteiger partial charge < -0.3 is 4.52 Å². The number of fused-ring (bicyclic) bond motifs is 1. The SMILES string of the molecule is Cc1c(C)c(C)c2c(=O)onc(C)c2c1C. The molecule has 16 heavy (non-hydrogen) atoms. The van der Waals surface area contributed by atoms with E-state index in [0.29, 0.717) is 5.39 Å². The number of aryl methyl sites for hydroxylation is 3. The van der Waals surface area contributed by atoms with Crippen molar-refractivity contribution in [1.82, 2.24) is 5.16 Å². The van der Waals surface area contributed by atoms with Gasteiger partial charge in [0.1, 0.15) is 0 Å². The lowest BCUT2D eigenvalue weighted by Gasteiger charge is -2.13. The lowest BCUT2D eigenvalue weighted by atomic mass is 9.92. The van der Waals surface area contributed by atoms with E-state index in [2.05, 4.69) is 12.1 Å². The summed E-state index contributed by atoms with van der Waals surface area (Å²) in [6.07, 6.45) is 0. The van der Waals surface area contributed by atoms with Gasteiger partial charge in [-0.2, -0.15) is 0 Å². The standard InChI is InChI=1S/C13H15NO2/c1-6-7(2)9(4)12-11(8(6)3)10(5)14-16-13(12)15/h1-5H3. The Balaban J connectivity index is 3.20. The smallest absolute Gasteiger partial charge is 0.312 e. The van der Waals surface area contributed by atoms with Gasteiger partial charge in [0.25, 0.3) is 0 Å². The van der Waals surface area contributed by atoms with Gasteiger partial charge in [0.2, 0.25) is 0 Å². The third-order valence-electron chi connectivity index (χ3n) is 3.52. The van der Waals surface area contributed by atoms with Crippen molar-refractivity contribution >= 4 is 10.8 Å². The van der Waals surface area contributed by atoms with Crippen molar-refractivity contribution in [3.8, 4) is 0 Å². The maximum atomic E-state index is 11.7. The van der Waals surface area contributed by atoms with Crippen molar-refractivity contribution in [2.45, 2.75) is 34.6 Å². The molecule has 1 aromatic carbocycles. The van der Waals surface area contributed by atoms with Crippen molar-refractivity contribution in [2.24, 2.45) is 0 Å². The number of nitrogens with zero attached hydrogens (tertiary/aromatic N) is 1. The summed E-state index contributed by atoms with van der Waals surface area (Å²) in [6, 6.07) is 0. The Morgan fingerprint density at radius 3 is 1.88 bits per heavy atom. The molecule has 0 saturated carbocycles. The second kappa shape index (κ2) is 3.44. The summed E-state index contributed by atoms with van der Waals surface area (Å²) < 4.78 is 4.80. The predicted molar refractivity (Wildman–Crippen MR) is 64.0 cm³/mol. The monoisotopic (exact) mass is 217 g/mol. The largest absolute Gasteiger partial charge is 0.366 e. The van der Waals surface area contributed by atoms with Gasteiger partial charge in [-0.05, 0) is 56.9 Å². The van der Waals surface area contributed by atoms with Gasteiger partial charge in [-0.3, -0.25) is 0 Å². The minimum Gasteiger partial charge on any atom is -0.312 e. The predicted octanol–water partition coefficient (Wildman–Crippen LogP) is 2.73. The van der Waals surface area contributed by atoms with Crippen LogP contribution in [0.1, 0.15) is 27.9 Å². The number of hydrogen-bond donors (Lipinski definition) is 0.